The molecule has 3 aromatic heterocycles. The highest BCUT2D eigenvalue weighted by atomic mass is 79.9. The number of fused-ring (bicyclic) bond motifs is 1. The van der Waals surface area contributed by atoms with Crippen LogP contribution in [0.25, 0.3) is 5.52 Å². The SMILES string of the molecule is Brc1cnn2c(NCc3cccnc3)cc(NCC3CC3)cc12. The van der Waals surface area contributed by atoms with E-state index in [9.17, 15) is 0 Å². The molecule has 0 radical (unpaired) electrons. The van der Waals surface area contributed by atoms with Gasteiger partial charge in [-0.1, -0.05) is 6.07 Å². The number of nitrogens with zero attached hydrogens (tertiary/aromatic N) is 3. The molecule has 1 saturated carbocycles. The fraction of sp³-hybridized carbons (Fsp3) is 0.294. The van der Waals surface area contributed by atoms with Crippen LogP contribution >= 0.6 is 15.9 Å². The van der Waals surface area contributed by atoms with E-state index in [0.717, 1.165) is 39.5 Å². The highest BCUT2D eigenvalue weighted by Gasteiger charge is 2.20. The summed E-state index contributed by atoms with van der Waals surface area (Å²) in [6, 6.07) is 8.26. The van der Waals surface area contributed by atoms with Gasteiger partial charge in [-0.25, -0.2) is 4.52 Å². The number of rotatable bonds is 6. The Bertz CT molecular complexity index is 810. The van der Waals surface area contributed by atoms with Gasteiger partial charge in [0.25, 0.3) is 0 Å². The molecule has 0 aromatic carbocycles. The third kappa shape index (κ3) is 3.32. The van der Waals surface area contributed by atoms with E-state index in [2.05, 4.69) is 54.8 Å². The first kappa shape index (κ1) is 14.5. The molecule has 1 aliphatic carbocycles. The number of aromatic nitrogens is 3. The molecule has 4 rings (SSSR count). The van der Waals surface area contributed by atoms with Crippen LogP contribution < -0.4 is 10.6 Å². The van der Waals surface area contributed by atoms with Crippen molar-refractivity contribution in [1.29, 1.82) is 0 Å². The van der Waals surface area contributed by atoms with Gasteiger partial charge >= 0.3 is 0 Å². The van der Waals surface area contributed by atoms with Gasteiger partial charge in [0, 0.05) is 37.2 Å². The van der Waals surface area contributed by atoms with E-state index < -0.39 is 0 Å². The van der Waals surface area contributed by atoms with Crippen molar-refractivity contribution >= 4 is 33.0 Å². The van der Waals surface area contributed by atoms with Gasteiger partial charge in [0.1, 0.15) is 5.82 Å². The van der Waals surface area contributed by atoms with Gasteiger partial charge in [-0.05, 0) is 52.4 Å². The third-order valence-electron chi connectivity index (χ3n) is 4.06. The van der Waals surface area contributed by atoms with E-state index in [1.807, 2.05) is 23.0 Å². The topological polar surface area (TPSA) is 54.2 Å². The molecule has 1 aliphatic rings. The lowest BCUT2D eigenvalue weighted by Gasteiger charge is -2.12. The molecule has 0 atom stereocenters. The van der Waals surface area contributed by atoms with Crippen LogP contribution in [-0.4, -0.2) is 21.1 Å². The first-order valence-electron chi connectivity index (χ1n) is 7.83. The van der Waals surface area contributed by atoms with Crippen molar-refractivity contribution in [3.8, 4) is 0 Å². The molecule has 0 aliphatic heterocycles. The summed E-state index contributed by atoms with van der Waals surface area (Å²) in [5, 5.41) is 11.4. The Morgan fingerprint density at radius 1 is 1.22 bits per heavy atom. The molecule has 6 heteroatoms. The second-order valence-electron chi connectivity index (χ2n) is 5.96. The number of pyridine rings is 2. The average molecular weight is 372 g/mol. The zero-order valence-corrected chi connectivity index (χ0v) is 14.3. The van der Waals surface area contributed by atoms with Crippen LogP contribution in [0, 0.1) is 5.92 Å². The van der Waals surface area contributed by atoms with E-state index in [1.54, 1.807) is 6.20 Å². The zero-order chi connectivity index (χ0) is 15.6. The molecule has 2 N–H and O–H groups in total. The molecule has 1 fully saturated rings. The molecule has 118 valence electrons. The van der Waals surface area contributed by atoms with E-state index in [4.69, 9.17) is 0 Å². The van der Waals surface area contributed by atoms with Crippen LogP contribution in [0.2, 0.25) is 0 Å². The molecule has 0 spiro atoms. The van der Waals surface area contributed by atoms with Crippen molar-refractivity contribution in [3.05, 3.63) is 52.9 Å². The molecule has 5 nitrogen and oxygen atoms in total. The summed E-state index contributed by atoms with van der Waals surface area (Å²) in [6.07, 6.45) is 8.18. The van der Waals surface area contributed by atoms with Gasteiger partial charge in [-0.15, -0.1) is 0 Å². The number of hydrogen-bond donors (Lipinski definition) is 2. The molecule has 0 saturated heterocycles. The first-order valence-corrected chi connectivity index (χ1v) is 8.63. The van der Waals surface area contributed by atoms with Gasteiger partial charge in [-0.3, -0.25) is 4.98 Å². The molecule has 3 heterocycles. The molecule has 0 amide bonds. The third-order valence-corrected chi connectivity index (χ3v) is 4.67. The van der Waals surface area contributed by atoms with Crippen LogP contribution in [0.15, 0.2) is 47.3 Å². The predicted molar refractivity (Wildman–Crippen MR) is 95.7 cm³/mol. The Morgan fingerprint density at radius 3 is 2.91 bits per heavy atom. The molecule has 3 aromatic rings. The minimum absolute atomic E-state index is 0.715. The van der Waals surface area contributed by atoms with Gasteiger partial charge in [0.05, 0.1) is 16.2 Å². The Morgan fingerprint density at radius 2 is 2.13 bits per heavy atom. The standard InChI is InChI=1S/C17H18BrN5/c18-15-11-22-23-16(15)6-14(20-9-12-3-4-12)7-17(23)21-10-13-2-1-5-19-8-13/h1-2,5-8,11-12,20-21H,3-4,9-10H2. The lowest BCUT2D eigenvalue weighted by molar-refractivity contribution is 0.886. The van der Waals surface area contributed by atoms with Crippen LogP contribution in [0.1, 0.15) is 18.4 Å². The first-order chi connectivity index (χ1) is 11.3. The highest BCUT2D eigenvalue weighted by molar-refractivity contribution is 9.10. The maximum atomic E-state index is 4.44. The molecular formula is C17H18BrN5. The van der Waals surface area contributed by atoms with Crippen molar-refractivity contribution in [2.75, 3.05) is 17.2 Å². The van der Waals surface area contributed by atoms with Gasteiger partial charge < -0.3 is 10.6 Å². The largest absolute Gasteiger partial charge is 0.385 e. The van der Waals surface area contributed by atoms with Crippen molar-refractivity contribution in [3.63, 3.8) is 0 Å². The lowest BCUT2D eigenvalue weighted by atomic mass is 10.2. The summed E-state index contributed by atoms with van der Waals surface area (Å²) < 4.78 is 2.92. The Balaban J connectivity index is 1.60. The highest BCUT2D eigenvalue weighted by Crippen LogP contribution is 2.30. The van der Waals surface area contributed by atoms with Gasteiger partial charge in [0.2, 0.25) is 0 Å². The number of anilines is 2. The Labute approximate surface area is 143 Å². The molecule has 0 bridgehead atoms. The quantitative estimate of drug-likeness (QED) is 0.689. The zero-order valence-electron chi connectivity index (χ0n) is 12.7. The van der Waals surface area contributed by atoms with Crippen LogP contribution in [0.4, 0.5) is 11.5 Å². The van der Waals surface area contributed by atoms with Crippen molar-refractivity contribution in [2.45, 2.75) is 19.4 Å². The molecular weight excluding hydrogens is 354 g/mol. The number of hydrogen-bond acceptors (Lipinski definition) is 4. The minimum Gasteiger partial charge on any atom is -0.385 e. The van der Waals surface area contributed by atoms with Gasteiger partial charge in [-0.2, -0.15) is 5.10 Å². The van der Waals surface area contributed by atoms with Crippen LogP contribution in [0.3, 0.4) is 0 Å². The van der Waals surface area contributed by atoms with Gasteiger partial charge in [0.15, 0.2) is 0 Å². The second-order valence-corrected chi connectivity index (χ2v) is 6.81. The maximum Gasteiger partial charge on any atom is 0.130 e. The van der Waals surface area contributed by atoms with Crippen LogP contribution in [0.5, 0.6) is 0 Å². The maximum absolute atomic E-state index is 4.44. The lowest BCUT2D eigenvalue weighted by Crippen LogP contribution is -2.08. The van der Waals surface area contributed by atoms with Crippen molar-refractivity contribution < 1.29 is 0 Å². The van der Waals surface area contributed by atoms with E-state index in [-0.39, 0.29) is 0 Å². The van der Waals surface area contributed by atoms with E-state index in [1.165, 1.54) is 12.8 Å². The van der Waals surface area contributed by atoms with E-state index >= 15 is 0 Å². The minimum atomic E-state index is 0.715. The Kier molecular flexibility index (Phi) is 3.91. The summed E-state index contributed by atoms with van der Waals surface area (Å²) >= 11 is 3.57. The van der Waals surface area contributed by atoms with E-state index in [0.29, 0.717) is 6.54 Å². The monoisotopic (exact) mass is 371 g/mol. The predicted octanol–water partition coefficient (Wildman–Crippen LogP) is 3.93. The summed E-state index contributed by atoms with van der Waals surface area (Å²) in [5.74, 6) is 1.81. The summed E-state index contributed by atoms with van der Waals surface area (Å²) in [6.45, 7) is 1.76. The fourth-order valence-corrected chi connectivity index (χ4v) is 2.94. The fourth-order valence-electron chi connectivity index (χ4n) is 2.56. The second kappa shape index (κ2) is 6.20. The normalized spacial score (nSPS) is 14.1. The average Bonchev–Trinajstić information content (AvgIpc) is 3.35. The van der Waals surface area contributed by atoms with Crippen molar-refractivity contribution in [2.24, 2.45) is 5.92 Å². The summed E-state index contributed by atoms with van der Waals surface area (Å²) in [5.41, 5.74) is 3.32. The number of nitrogens with one attached hydrogen (secondary N) is 2. The smallest absolute Gasteiger partial charge is 0.130 e. The molecule has 0 unspecified atom stereocenters. The summed E-state index contributed by atoms with van der Waals surface area (Å²) in [4.78, 5) is 4.15. The molecule has 23 heavy (non-hydrogen) atoms. The Hall–Kier alpha value is -2.08. The summed E-state index contributed by atoms with van der Waals surface area (Å²) in [7, 11) is 0. The van der Waals surface area contributed by atoms with Crippen molar-refractivity contribution in [1.82, 2.24) is 14.6 Å². The number of halogens is 1. The van der Waals surface area contributed by atoms with Crippen LogP contribution in [-0.2, 0) is 6.54 Å².